The van der Waals surface area contributed by atoms with Gasteiger partial charge in [0.15, 0.2) is 6.61 Å². The number of para-hydroxylation sites is 1. The van der Waals surface area contributed by atoms with Gasteiger partial charge in [-0.1, -0.05) is 38.1 Å². The molecule has 0 aliphatic rings. The second kappa shape index (κ2) is 8.15. The molecule has 0 heterocycles. The average molecular weight is 326 g/mol. The standard InChI is InChI=1S/C19H22N2O3/c1-13(2)14-8-10-15(11-9-14)21-18(22)12-24-19(23)16-6-4-5-7-17(16)20-3/h4-11,13,20H,12H2,1-3H3,(H,21,22). The van der Waals surface area contributed by atoms with Gasteiger partial charge in [-0.2, -0.15) is 0 Å². The number of nitrogens with one attached hydrogen (secondary N) is 2. The number of hydrogen-bond acceptors (Lipinski definition) is 4. The number of rotatable bonds is 6. The Morgan fingerprint density at radius 1 is 1.04 bits per heavy atom. The summed E-state index contributed by atoms with van der Waals surface area (Å²) in [6.45, 7) is 3.88. The Labute approximate surface area is 142 Å². The molecule has 0 fully saturated rings. The van der Waals surface area contributed by atoms with Crippen LogP contribution < -0.4 is 10.6 Å². The quantitative estimate of drug-likeness (QED) is 0.795. The fourth-order valence-electron chi connectivity index (χ4n) is 2.24. The van der Waals surface area contributed by atoms with Crippen molar-refractivity contribution >= 4 is 23.3 Å². The predicted octanol–water partition coefficient (Wildman–Crippen LogP) is 3.65. The largest absolute Gasteiger partial charge is 0.452 e. The van der Waals surface area contributed by atoms with E-state index in [1.165, 1.54) is 5.56 Å². The maximum Gasteiger partial charge on any atom is 0.340 e. The Bertz CT molecular complexity index is 709. The van der Waals surface area contributed by atoms with E-state index in [0.717, 1.165) is 0 Å². The normalized spacial score (nSPS) is 10.3. The van der Waals surface area contributed by atoms with Crippen molar-refractivity contribution in [3.05, 3.63) is 59.7 Å². The van der Waals surface area contributed by atoms with Gasteiger partial charge in [-0.15, -0.1) is 0 Å². The number of carbonyl (C=O) groups excluding carboxylic acids is 2. The van der Waals surface area contributed by atoms with E-state index in [0.29, 0.717) is 22.9 Å². The molecule has 126 valence electrons. The molecule has 0 spiro atoms. The number of carbonyl (C=O) groups is 2. The topological polar surface area (TPSA) is 67.4 Å². The summed E-state index contributed by atoms with van der Waals surface area (Å²) in [6, 6.07) is 14.6. The molecule has 0 radical (unpaired) electrons. The Kier molecular flexibility index (Phi) is 5.95. The molecule has 2 rings (SSSR count). The van der Waals surface area contributed by atoms with Crippen LogP contribution in [-0.2, 0) is 9.53 Å². The molecule has 1 amide bonds. The lowest BCUT2D eigenvalue weighted by Crippen LogP contribution is -2.21. The summed E-state index contributed by atoms with van der Waals surface area (Å²) in [6.07, 6.45) is 0. The molecule has 0 unspecified atom stereocenters. The van der Waals surface area contributed by atoms with Crippen LogP contribution >= 0.6 is 0 Å². The van der Waals surface area contributed by atoms with Gasteiger partial charge in [0.1, 0.15) is 0 Å². The number of benzene rings is 2. The first kappa shape index (κ1) is 17.5. The van der Waals surface area contributed by atoms with Crippen molar-refractivity contribution in [2.75, 3.05) is 24.3 Å². The summed E-state index contributed by atoms with van der Waals surface area (Å²) in [4.78, 5) is 24.0. The van der Waals surface area contributed by atoms with Crippen LogP contribution in [0, 0.1) is 0 Å². The number of hydrogen-bond donors (Lipinski definition) is 2. The van der Waals surface area contributed by atoms with Crippen LogP contribution in [0.5, 0.6) is 0 Å². The highest BCUT2D eigenvalue weighted by Gasteiger charge is 2.13. The third-order valence-corrected chi connectivity index (χ3v) is 3.61. The lowest BCUT2D eigenvalue weighted by atomic mass is 10.0. The van der Waals surface area contributed by atoms with Crippen molar-refractivity contribution in [2.24, 2.45) is 0 Å². The first-order valence-corrected chi connectivity index (χ1v) is 7.85. The fraction of sp³-hybridized carbons (Fsp3) is 0.263. The van der Waals surface area contributed by atoms with E-state index in [4.69, 9.17) is 4.74 Å². The van der Waals surface area contributed by atoms with Gasteiger partial charge in [-0.25, -0.2) is 4.79 Å². The minimum Gasteiger partial charge on any atom is -0.452 e. The number of ether oxygens (including phenoxy) is 1. The molecule has 5 nitrogen and oxygen atoms in total. The van der Waals surface area contributed by atoms with E-state index in [2.05, 4.69) is 24.5 Å². The third-order valence-electron chi connectivity index (χ3n) is 3.61. The zero-order chi connectivity index (χ0) is 17.5. The Balaban J connectivity index is 1.89. The molecule has 2 N–H and O–H groups in total. The smallest absolute Gasteiger partial charge is 0.340 e. The van der Waals surface area contributed by atoms with Gasteiger partial charge in [0.2, 0.25) is 0 Å². The van der Waals surface area contributed by atoms with Crippen LogP contribution in [0.2, 0.25) is 0 Å². The highest BCUT2D eigenvalue weighted by molar-refractivity contribution is 5.98. The van der Waals surface area contributed by atoms with Crippen molar-refractivity contribution in [3.8, 4) is 0 Å². The summed E-state index contributed by atoms with van der Waals surface area (Å²) >= 11 is 0. The number of esters is 1. The van der Waals surface area contributed by atoms with E-state index in [1.807, 2.05) is 30.3 Å². The molecule has 24 heavy (non-hydrogen) atoms. The van der Waals surface area contributed by atoms with Crippen LogP contribution in [0.1, 0.15) is 35.7 Å². The zero-order valence-electron chi connectivity index (χ0n) is 14.1. The van der Waals surface area contributed by atoms with Crippen molar-refractivity contribution in [1.82, 2.24) is 0 Å². The summed E-state index contributed by atoms with van der Waals surface area (Å²) in [7, 11) is 1.72. The summed E-state index contributed by atoms with van der Waals surface area (Å²) in [5.74, 6) is -0.476. The second-order valence-corrected chi connectivity index (χ2v) is 5.70. The molecule has 2 aromatic rings. The number of amides is 1. The van der Waals surface area contributed by atoms with Crippen LogP contribution in [0.25, 0.3) is 0 Å². The van der Waals surface area contributed by atoms with Crippen LogP contribution in [0.3, 0.4) is 0 Å². The zero-order valence-corrected chi connectivity index (χ0v) is 14.1. The summed E-state index contributed by atoms with van der Waals surface area (Å²) in [5.41, 5.74) is 2.93. The van der Waals surface area contributed by atoms with E-state index < -0.39 is 5.97 Å². The average Bonchev–Trinajstić information content (AvgIpc) is 2.60. The fourth-order valence-corrected chi connectivity index (χ4v) is 2.24. The minimum atomic E-state index is -0.537. The van der Waals surface area contributed by atoms with E-state index in [-0.39, 0.29) is 12.5 Å². The van der Waals surface area contributed by atoms with Gasteiger partial charge in [-0.3, -0.25) is 4.79 Å². The van der Waals surface area contributed by atoms with Gasteiger partial charge in [0, 0.05) is 18.4 Å². The lowest BCUT2D eigenvalue weighted by Gasteiger charge is -2.10. The highest BCUT2D eigenvalue weighted by atomic mass is 16.5. The SMILES string of the molecule is CNc1ccccc1C(=O)OCC(=O)Nc1ccc(C(C)C)cc1. The monoisotopic (exact) mass is 326 g/mol. The molecule has 0 bridgehead atoms. The number of anilines is 2. The minimum absolute atomic E-state index is 0.331. The summed E-state index contributed by atoms with van der Waals surface area (Å²) < 4.78 is 5.08. The molecule has 2 aromatic carbocycles. The predicted molar refractivity (Wildman–Crippen MR) is 95.4 cm³/mol. The third kappa shape index (κ3) is 4.59. The van der Waals surface area contributed by atoms with Crippen molar-refractivity contribution in [1.29, 1.82) is 0 Å². The van der Waals surface area contributed by atoms with E-state index in [9.17, 15) is 9.59 Å². The first-order valence-electron chi connectivity index (χ1n) is 7.85. The van der Waals surface area contributed by atoms with Crippen molar-refractivity contribution in [3.63, 3.8) is 0 Å². The van der Waals surface area contributed by atoms with Gasteiger partial charge in [0.25, 0.3) is 5.91 Å². The molecule has 0 aromatic heterocycles. The molecular weight excluding hydrogens is 304 g/mol. The van der Waals surface area contributed by atoms with Gasteiger partial charge >= 0.3 is 5.97 Å². The van der Waals surface area contributed by atoms with Crippen LogP contribution in [-0.4, -0.2) is 25.5 Å². The Morgan fingerprint density at radius 3 is 2.33 bits per heavy atom. The Morgan fingerprint density at radius 2 is 1.71 bits per heavy atom. The van der Waals surface area contributed by atoms with Gasteiger partial charge in [0.05, 0.1) is 5.56 Å². The maximum atomic E-state index is 12.1. The molecule has 0 saturated carbocycles. The lowest BCUT2D eigenvalue weighted by molar-refractivity contribution is -0.119. The van der Waals surface area contributed by atoms with Crippen molar-refractivity contribution in [2.45, 2.75) is 19.8 Å². The summed E-state index contributed by atoms with van der Waals surface area (Å²) in [5, 5.41) is 5.63. The molecular formula is C19H22N2O3. The van der Waals surface area contributed by atoms with E-state index in [1.54, 1.807) is 25.2 Å². The highest BCUT2D eigenvalue weighted by Crippen LogP contribution is 2.17. The van der Waals surface area contributed by atoms with Gasteiger partial charge < -0.3 is 15.4 Å². The second-order valence-electron chi connectivity index (χ2n) is 5.70. The molecule has 0 saturated heterocycles. The van der Waals surface area contributed by atoms with Gasteiger partial charge in [-0.05, 0) is 35.7 Å². The Hall–Kier alpha value is -2.82. The van der Waals surface area contributed by atoms with Crippen molar-refractivity contribution < 1.29 is 14.3 Å². The molecule has 0 aliphatic heterocycles. The molecule has 0 atom stereocenters. The van der Waals surface area contributed by atoms with Crippen LogP contribution in [0.4, 0.5) is 11.4 Å². The molecule has 0 aliphatic carbocycles. The first-order chi connectivity index (χ1) is 11.5. The maximum absolute atomic E-state index is 12.1. The van der Waals surface area contributed by atoms with E-state index >= 15 is 0 Å². The van der Waals surface area contributed by atoms with Crippen LogP contribution in [0.15, 0.2) is 48.5 Å². The molecule has 5 heteroatoms.